The summed E-state index contributed by atoms with van der Waals surface area (Å²) < 4.78 is 16.0. The number of aromatic nitrogens is 4. The first-order chi connectivity index (χ1) is 19.8. The van der Waals surface area contributed by atoms with E-state index in [0.717, 1.165) is 19.0 Å². The highest BCUT2D eigenvalue weighted by Crippen LogP contribution is 2.26. The zero-order valence-corrected chi connectivity index (χ0v) is 23.2. The van der Waals surface area contributed by atoms with Gasteiger partial charge >= 0.3 is 5.69 Å². The van der Waals surface area contributed by atoms with E-state index in [1.807, 2.05) is 13.8 Å². The maximum absolute atomic E-state index is 13.4. The fourth-order valence-corrected chi connectivity index (χ4v) is 5.30. The molecule has 0 unspecified atom stereocenters. The molecular weight excluding hydrogens is 529 g/mol. The van der Waals surface area contributed by atoms with E-state index in [4.69, 9.17) is 4.99 Å². The average molecular weight is 562 g/mol. The molecule has 3 aromatic heterocycles. The molecule has 41 heavy (non-hydrogen) atoms. The highest BCUT2D eigenvalue weighted by molar-refractivity contribution is 6.07. The largest absolute Gasteiger partial charge is 0.343 e. The van der Waals surface area contributed by atoms with Crippen molar-refractivity contribution >= 4 is 29.2 Å². The van der Waals surface area contributed by atoms with Gasteiger partial charge in [0, 0.05) is 63.5 Å². The first kappa shape index (κ1) is 28.1. The Morgan fingerprint density at radius 2 is 1.83 bits per heavy atom. The van der Waals surface area contributed by atoms with Crippen molar-refractivity contribution in [2.75, 3.05) is 24.5 Å². The van der Waals surface area contributed by atoms with Crippen LogP contribution in [0.15, 0.2) is 51.2 Å². The predicted molar refractivity (Wildman–Crippen MR) is 151 cm³/mol. The number of carbonyl (C=O) groups excluding carboxylic acids is 2. The number of hydrogen-bond donors (Lipinski definition) is 0. The number of likely N-dealkylation sites (tertiary alicyclic amines) is 1. The van der Waals surface area contributed by atoms with E-state index in [1.165, 1.54) is 21.7 Å². The fourth-order valence-electron chi connectivity index (χ4n) is 5.30. The van der Waals surface area contributed by atoms with Gasteiger partial charge in [0.25, 0.3) is 11.5 Å². The molecule has 214 valence electrons. The maximum atomic E-state index is 13.4. The number of amides is 2. The molecule has 0 spiro atoms. The summed E-state index contributed by atoms with van der Waals surface area (Å²) >= 11 is 0. The number of rotatable bonds is 10. The molecule has 0 aromatic carbocycles. The molecule has 2 aliphatic rings. The molecule has 1 saturated heterocycles. The van der Waals surface area contributed by atoms with Crippen LogP contribution >= 0.6 is 0 Å². The number of fused-ring (bicyclic) bond motifs is 1. The van der Waals surface area contributed by atoms with Gasteiger partial charge in [0.05, 0.1) is 16.8 Å². The average Bonchev–Trinajstić information content (AvgIpc) is 3.60. The van der Waals surface area contributed by atoms with Crippen LogP contribution in [0.1, 0.15) is 61.0 Å². The molecule has 3 aromatic rings. The monoisotopic (exact) mass is 561 g/mol. The Bertz CT molecular complexity index is 1610. The molecule has 1 fully saturated rings. The standard InChI is InChI=1S/C29H32FN7O4/c1-3-12-36-26-21(28(40)37(29(36)41)15-6-14-34-13-5-7-25(34)38)16-22(33-26)19-9-11-24(32-17-19)35(4-2)27(39)20-8-10-23(30)31-18-20/h8-11,17-18H,3-7,12-16H2,1-2H3. The van der Waals surface area contributed by atoms with Crippen LogP contribution in [-0.4, -0.2) is 61.2 Å². The molecule has 0 aliphatic carbocycles. The molecule has 0 bridgehead atoms. The van der Waals surface area contributed by atoms with Crippen LogP contribution in [0.25, 0.3) is 0 Å². The SMILES string of the molecule is CCCn1c2c(c(=O)n(CCCN3CCCC3=O)c1=O)CC(c1ccc(N(CC)C(=O)c3ccc(F)nc3)nc1)=N2. The summed E-state index contributed by atoms with van der Waals surface area (Å²) in [7, 11) is 0. The minimum absolute atomic E-state index is 0.117. The zero-order valence-electron chi connectivity index (χ0n) is 23.2. The van der Waals surface area contributed by atoms with Crippen LogP contribution in [-0.2, 0) is 24.3 Å². The van der Waals surface area contributed by atoms with E-state index < -0.39 is 11.6 Å². The summed E-state index contributed by atoms with van der Waals surface area (Å²) in [4.78, 5) is 67.6. The van der Waals surface area contributed by atoms with Gasteiger partial charge in [-0.15, -0.1) is 0 Å². The van der Waals surface area contributed by atoms with E-state index in [2.05, 4.69) is 9.97 Å². The Kier molecular flexibility index (Phi) is 8.18. The van der Waals surface area contributed by atoms with Crippen molar-refractivity contribution in [3.8, 4) is 0 Å². The van der Waals surface area contributed by atoms with Crippen molar-refractivity contribution in [1.82, 2.24) is 24.0 Å². The van der Waals surface area contributed by atoms with Gasteiger partial charge in [-0.1, -0.05) is 6.92 Å². The number of anilines is 1. The van der Waals surface area contributed by atoms with Gasteiger partial charge in [0.1, 0.15) is 11.6 Å². The highest BCUT2D eigenvalue weighted by Gasteiger charge is 2.27. The number of hydrogen-bond acceptors (Lipinski definition) is 7. The van der Waals surface area contributed by atoms with Crippen LogP contribution in [0.3, 0.4) is 0 Å². The zero-order chi connectivity index (χ0) is 29.1. The quantitative estimate of drug-likeness (QED) is 0.351. The van der Waals surface area contributed by atoms with Gasteiger partial charge in [-0.2, -0.15) is 4.39 Å². The minimum atomic E-state index is -0.667. The molecule has 5 rings (SSSR count). The summed E-state index contributed by atoms with van der Waals surface area (Å²) in [6, 6.07) is 5.98. The second-order valence-electron chi connectivity index (χ2n) is 10.1. The van der Waals surface area contributed by atoms with Crippen molar-refractivity contribution in [2.45, 2.75) is 59.0 Å². The van der Waals surface area contributed by atoms with Crippen molar-refractivity contribution in [2.24, 2.45) is 4.99 Å². The topological polar surface area (TPSA) is 123 Å². The van der Waals surface area contributed by atoms with Crippen LogP contribution in [0, 0.1) is 5.95 Å². The van der Waals surface area contributed by atoms with E-state index in [1.54, 1.807) is 27.8 Å². The molecule has 12 heteroatoms. The molecule has 2 aliphatic heterocycles. The normalized spacial score (nSPS) is 14.4. The number of aliphatic imine (C=N–C) groups is 1. The summed E-state index contributed by atoms with van der Waals surface area (Å²) in [5.41, 5.74) is 1.23. The Morgan fingerprint density at radius 1 is 1.00 bits per heavy atom. The summed E-state index contributed by atoms with van der Waals surface area (Å²) in [5, 5.41) is 0. The molecule has 5 heterocycles. The summed E-state index contributed by atoms with van der Waals surface area (Å²) in [6.45, 7) is 5.99. The van der Waals surface area contributed by atoms with Gasteiger partial charge in [-0.3, -0.25) is 28.4 Å². The molecule has 0 atom stereocenters. The summed E-state index contributed by atoms with van der Waals surface area (Å²) in [5.74, 6) is -0.125. The lowest BCUT2D eigenvalue weighted by Crippen LogP contribution is -2.42. The number of nitrogens with zero attached hydrogens (tertiary/aromatic N) is 7. The van der Waals surface area contributed by atoms with E-state index in [-0.39, 0.29) is 35.9 Å². The van der Waals surface area contributed by atoms with E-state index in [9.17, 15) is 23.6 Å². The van der Waals surface area contributed by atoms with Crippen molar-refractivity contribution < 1.29 is 14.0 Å². The Morgan fingerprint density at radius 3 is 2.46 bits per heavy atom. The second kappa shape index (κ2) is 11.9. The Hall–Kier alpha value is -4.48. The van der Waals surface area contributed by atoms with Gasteiger partial charge in [0.15, 0.2) is 0 Å². The van der Waals surface area contributed by atoms with Gasteiger partial charge in [-0.05, 0) is 50.5 Å². The van der Waals surface area contributed by atoms with Gasteiger partial charge < -0.3 is 4.90 Å². The van der Waals surface area contributed by atoms with Crippen molar-refractivity contribution in [3.05, 3.63) is 80.1 Å². The maximum Gasteiger partial charge on any atom is 0.332 e. The fraction of sp³-hybridized carbons (Fsp3) is 0.414. The molecular formula is C29H32FN7O4. The van der Waals surface area contributed by atoms with Gasteiger partial charge in [0.2, 0.25) is 11.9 Å². The van der Waals surface area contributed by atoms with Crippen molar-refractivity contribution in [1.29, 1.82) is 0 Å². The third-order valence-corrected chi connectivity index (χ3v) is 7.40. The lowest BCUT2D eigenvalue weighted by molar-refractivity contribution is -0.127. The van der Waals surface area contributed by atoms with Crippen LogP contribution < -0.4 is 16.1 Å². The predicted octanol–water partition coefficient (Wildman–Crippen LogP) is 2.71. The Balaban J connectivity index is 1.37. The molecule has 2 amide bonds. The minimum Gasteiger partial charge on any atom is -0.343 e. The van der Waals surface area contributed by atoms with E-state index >= 15 is 0 Å². The molecule has 11 nitrogen and oxygen atoms in total. The van der Waals surface area contributed by atoms with Crippen LogP contribution in [0.5, 0.6) is 0 Å². The first-order valence-electron chi connectivity index (χ1n) is 13.9. The van der Waals surface area contributed by atoms with Crippen molar-refractivity contribution in [3.63, 3.8) is 0 Å². The Labute approximate surface area is 236 Å². The highest BCUT2D eigenvalue weighted by atomic mass is 19.1. The lowest BCUT2D eigenvalue weighted by atomic mass is 10.1. The number of halogens is 1. The van der Waals surface area contributed by atoms with E-state index in [0.29, 0.717) is 67.4 Å². The number of pyridine rings is 2. The van der Waals surface area contributed by atoms with Crippen LogP contribution in [0.2, 0.25) is 0 Å². The second-order valence-corrected chi connectivity index (χ2v) is 10.1. The first-order valence-corrected chi connectivity index (χ1v) is 13.9. The molecule has 0 radical (unpaired) electrons. The van der Waals surface area contributed by atoms with Crippen LogP contribution in [0.4, 0.5) is 16.0 Å². The number of carbonyl (C=O) groups is 2. The lowest BCUT2D eigenvalue weighted by Gasteiger charge is -2.20. The smallest absolute Gasteiger partial charge is 0.332 e. The molecule has 0 N–H and O–H groups in total. The van der Waals surface area contributed by atoms with Gasteiger partial charge in [-0.25, -0.2) is 19.8 Å². The summed E-state index contributed by atoms with van der Waals surface area (Å²) in [6.07, 6.45) is 5.64. The third-order valence-electron chi connectivity index (χ3n) is 7.40. The molecule has 0 saturated carbocycles. The third kappa shape index (κ3) is 5.59.